The smallest absolute Gasteiger partial charge is 0.340 e. The van der Waals surface area contributed by atoms with E-state index >= 15 is 0 Å². The standard InChI is InChI=1S/C46H44N4O10/c1-24(2)22-58-39-19-26(42(47)54)6-13-38(39)50-44(56)28-7-14-37(40(20-28)59-23-25(3)4)49-41(53)21-48-43(55)27-5-10-33-36(18-27)46(60-45(33)57)34-11-8-31(51)16-29(34)15-30-17-32(52)9-12-35(30)46/h5-14,16-20,24-25,51-52H,15,21-23H2,1-4H3,(H2,47,54)(H,48,55)(H,49,53)(H,50,56). The van der Waals surface area contributed by atoms with Gasteiger partial charge in [0, 0.05) is 33.4 Å². The monoisotopic (exact) mass is 812 g/mol. The third-order valence-electron chi connectivity index (χ3n) is 10.0. The molecule has 7 rings (SSSR count). The Morgan fingerprint density at radius 3 is 1.80 bits per heavy atom. The van der Waals surface area contributed by atoms with E-state index < -0.39 is 41.7 Å². The largest absolute Gasteiger partial charge is 0.508 e. The van der Waals surface area contributed by atoms with Gasteiger partial charge in [0.25, 0.3) is 11.8 Å². The maximum atomic E-state index is 13.6. The number of benzene rings is 5. The zero-order chi connectivity index (χ0) is 42.9. The number of esters is 1. The minimum Gasteiger partial charge on any atom is -0.508 e. The van der Waals surface area contributed by atoms with Gasteiger partial charge in [-0.2, -0.15) is 0 Å². The Morgan fingerprint density at radius 1 is 0.683 bits per heavy atom. The average molecular weight is 813 g/mol. The molecule has 0 unspecified atom stereocenters. The van der Waals surface area contributed by atoms with Crippen LogP contribution in [0.25, 0.3) is 0 Å². The molecular formula is C46H44N4O10. The van der Waals surface area contributed by atoms with Gasteiger partial charge in [-0.25, -0.2) is 4.79 Å². The number of hydrogen-bond acceptors (Lipinski definition) is 10. The fraction of sp³-hybridized carbons (Fsp3) is 0.239. The number of phenolic OH excluding ortho intramolecular Hbond substituents is 2. The van der Waals surface area contributed by atoms with Crippen molar-refractivity contribution in [2.24, 2.45) is 17.6 Å². The van der Waals surface area contributed by atoms with Crippen LogP contribution in [0.2, 0.25) is 0 Å². The molecule has 0 atom stereocenters. The van der Waals surface area contributed by atoms with E-state index in [-0.39, 0.29) is 69.4 Å². The minimum atomic E-state index is -1.46. The lowest BCUT2D eigenvalue weighted by molar-refractivity contribution is -0.115. The average Bonchev–Trinajstić information content (AvgIpc) is 3.49. The quantitative estimate of drug-likeness (QED) is 0.0735. The van der Waals surface area contributed by atoms with Crippen LogP contribution in [-0.4, -0.2) is 59.6 Å². The van der Waals surface area contributed by atoms with E-state index in [4.69, 9.17) is 19.9 Å². The Labute approximate surface area is 345 Å². The number of nitrogens with two attached hydrogens (primary N) is 1. The molecule has 14 nitrogen and oxygen atoms in total. The molecule has 0 fully saturated rings. The van der Waals surface area contributed by atoms with Gasteiger partial charge in [0.2, 0.25) is 11.8 Å². The molecular weight excluding hydrogens is 769 g/mol. The number of rotatable bonds is 13. The van der Waals surface area contributed by atoms with Crippen LogP contribution in [0.3, 0.4) is 0 Å². The molecule has 1 heterocycles. The first kappa shape index (κ1) is 40.8. The predicted molar refractivity (Wildman–Crippen MR) is 222 cm³/mol. The van der Waals surface area contributed by atoms with Crippen LogP contribution in [0.4, 0.5) is 11.4 Å². The fourth-order valence-electron chi connectivity index (χ4n) is 7.24. The summed E-state index contributed by atoms with van der Waals surface area (Å²) in [5.74, 6) is -2.10. The topological polar surface area (TPSA) is 216 Å². The van der Waals surface area contributed by atoms with Gasteiger partial charge in [-0.05, 0) is 108 Å². The SMILES string of the molecule is CC(C)COc1cc(C(=O)Nc2ccc(C(N)=O)cc2OCC(C)C)ccc1NC(=O)CNC(=O)c1ccc2c(c1)C1(OC2=O)c2ccc(O)cc2Cc2cc(O)ccc21. The Morgan fingerprint density at radius 2 is 1.22 bits per heavy atom. The van der Waals surface area contributed by atoms with Crippen molar-refractivity contribution >= 4 is 41.0 Å². The second-order valence-corrected chi connectivity index (χ2v) is 15.6. The molecule has 0 saturated heterocycles. The van der Waals surface area contributed by atoms with Gasteiger partial charge >= 0.3 is 5.97 Å². The molecule has 0 bridgehead atoms. The van der Waals surface area contributed by atoms with Crippen LogP contribution >= 0.6 is 0 Å². The van der Waals surface area contributed by atoms with Crippen LogP contribution in [0.5, 0.6) is 23.0 Å². The lowest BCUT2D eigenvalue weighted by Crippen LogP contribution is -2.35. The van der Waals surface area contributed by atoms with Gasteiger partial charge in [0.1, 0.15) is 23.0 Å². The summed E-state index contributed by atoms with van der Waals surface area (Å²) in [4.78, 5) is 65.6. The number of phenols is 2. The van der Waals surface area contributed by atoms with Gasteiger partial charge < -0.3 is 46.1 Å². The van der Waals surface area contributed by atoms with E-state index in [1.54, 1.807) is 30.3 Å². The third-order valence-corrected chi connectivity index (χ3v) is 10.0. The highest BCUT2D eigenvalue weighted by Gasteiger charge is 2.52. The van der Waals surface area contributed by atoms with Crippen molar-refractivity contribution in [1.29, 1.82) is 0 Å². The van der Waals surface area contributed by atoms with E-state index in [0.717, 1.165) is 0 Å². The summed E-state index contributed by atoms with van der Waals surface area (Å²) in [6.45, 7) is 7.99. The Hall–Kier alpha value is -7.35. The second-order valence-electron chi connectivity index (χ2n) is 15.6. The molecule has 0 saturated carbocycles. The van der Waals surface area contributed by atoms with Gasteiger partial charge in [-0.15, -0.1) is 0 Å². The maximum absolute atomic E-state index is 13.6. The number of primary amides is 1. The van der Waals surface area contributed by atoms with E-state index in [1.165, 1.54) is 60.7 Å². The van der Waals surface area contributed by atoms with Crippen molar-refractivity contribution < 1.29 is 48.4 Å². The third kappa shape index (κ3) is 8.17. The molecule has 7 N–H and O–H groups in total. The molecule has 60 heavy (non-hydrogen) atoms. The van der Waals surface area contributed by atoms with Crippen molar-refractivity contribution in [3.63, 3.8) is 0 Å². The van der Waals surface area contributed by atoms with Crippen molar-refractivity contribution in [2.75, 3.05) is 30.4 Å². The molecule has 5 aromatic carbocycles. The summed E-state index contributed by atoms with van der Waals surface area (Å²) in [6.07, 6.45) is 0.362. The van der Waals surface area contributed by atoms with E-state index in [9.17, 15) is 34.2 Å². The zero-order valence-electron chi connectivity index (χ0n) is 33.4. The molecule has 1 aliphatic heterocycles. The zero-order valence-corrected chi connectivity index (χ0v) is 33.4. The number of anilines is 2. The number of ether oxygens (including phenoxy) is 3. The minimum absolute atomic E-state index is 0.0236. The summed E-state index contributed by atoms with van der Waals surface area (Å²) in [5.41, 5.74) is 8.43. The number of nitrogens with one attached hydrogen (secondary N) is 3. The van der Waals surface area contributed by atoms with E-state index in [1.807, 2.05) is 27.7 Å². The first-order chi connectivity index (χ1) is 28.6. The number of hydrogen-bond donors (Lipinski definition) is 6. The van der Waals surface area contributed by atoms with E-state index in [0.29, 0.717) is 46.5 Å². The summed E-state index contributed by atoms with van der Waals surface area (Å²) in [5, 5.41) is 28.8. The number of carbonyl (C=O) groups is 5. The number of aromatic hydroxyl groups is 2. The Balaban J connectivity index is 1.09. The summed E-state index contributed by atoms with van der Waals surface area (Å²) in [7, 11) is 0. The molecule has 0 radical (unpaired) electrons. The van der Waals surface area contributed by atoms with Crippen LogP contribution in [0.1, 0.15) is 96.9 Å². The van der Waals surface area contributed by atoms with Crippen LogP contribution in [0.15, 0.2) is 91.0 Å². The highest BCUT2D eigenvalue weighted by Crippen LogP contribution is 2.53. The molecule has 1 spiro atoms. The number of carbonyl (C=O) groups excluding carboxylic acids is 5. The van der Waals surface area contributed by atoms with Crippen molar-refractivity contribution in [2.45, 2.75) is 39.7 Å². The Bertz CT molecular complexity index is 2510. The van der Waals surface area contributed by atoms with Crippen molar-refractivity contribution in [3.05, 3.63) is 141 Å². The van der Waals surface area contributed by atoms with Crippen LogP contribution < -0.4 is 31.2 Å². The van der Waals surface area contributed by atoms with Crippen molar-refractivity contribution in [3.8, 4) is 23.0 Å². The van der Waals surface area contributed by atoms with Gasteiger partial charge in [0.05, 0.1) is 36.7 Å². The first-order valence-corrected chi connectivity index (χ1v) is 19.4. The molecule has 0 aromatic heterocycles. The maximum Gasteiger partial charge on any atom is 0.340 e. The molecule has 5 aromatic rings. The molecule has 14 heteroatoms. The number of fused-ring (bicyclic) bond motifs is 6. The summed E-state index contributed by atoms with van der Waals surface area (Å²) in [6, 6.07) is 23.1. The summed E-state index contributed by atoms with van der Waals surface area (Å²) >= 11 is 0. The molecule has 4 amide bonds. The van der Waals surface area contributed by atoms with Gasteiger partial charge in [0.15, 0.2) is 5.60 Å². The fourth-order valence-corrected chi connectivity index (χ4v) is 7.24. The highest BCUT2D eigenvalue weighted by atomic mass is 16.6. The summed E-state index contributed by atoms with van der Waals surface area (Å²) < 4.78 is 18.0. The van der Waals surface area contributed by atoms with Crippen LogP contribution in [-0.2, 0) is 21.6 Å². The highest BCUT2D eigenvalue weighted by molar-refractivity contribution is 6.07. The molecule has 2 aliphatic rings. The van der Waals surface area contributed by atoms with Gasteiger partial charge in [-0.1, -0.05) is 39.8 Å². The van der Waals surface area contributed by atoms with E-state index in [2.05, 4.69) is 16.0 Å². The molecule has 308 valence electrons. The molecule has 1 aliphatic carbocycles. The Kier molecular flexibility index (Phi) is 11.2. The lowest BCUT2D eigenvalue weighted by atomic mass is 9.71. The van der Waals surface area contributed by atoms with Crippen molar-refractivity contribution in [1.82, 2.24) is 5.32 Å². The van der Waals surface area contributed by atoms with Crippen LogP contribution in [0, 0.1) is 11.8 Å². The lowest BCUT2D eigenvalue weighted by Gasteiger charge is -2.37. The predicted octanol–water partition coefficient (Wildman–Crippen LogP) is 6.25. The van der Waals surface area contributed by atoms with Gasteiger partial charge in [-0.3, -0.25) is 19.2 Å². The normalized spacial score (nSPS) is 13.2. The number of amides is 4. The second kappa shape index (κ2) is 16.5. The first-order valence-electron chi connectivity index (χ1n) is 19.4.